The number of hydrogen-bond acceptors (Lipinski definition) is 4. The smallest absolute Gasteiger partial charge is 0.417 e. The summed E-state index contributed by atoms with van der Waals surface area (Å²) in [5.41, 5.74) is -0.0548. The van der Waals surface area contributed by atoms with Crippen LogP contribution < -0.4 is 0 Å². The quantitative estimate of drug-likeness (QED) is 0.773. The van der Waals surface area contributed by atoms with E-state index in [4.69, 9.17) is 5.11 Å². The summed E-state index contributed by atoms with van der Waals surface area (Å²) >= 11 is 0. The third kappa shape index (κ3) is 4.87. The number of aliphatic carboxylic acids is 1. The molecule has 0 bridgehead atoms. The molecule has 0 aliphatic rings. The van der Waals surface area contributed by atoms with Gasteiger partial charge in [-0.1, -0.05) is 13.8 Å². The van der Waals surface area contributed by atoms with E-state index in [1.165, 1.54) is 21.8 Å². The second kappa shape index (κ2) is 8.41. The minimum absolute atomic E-state index is 0.0522. The van der Waals surface area contributed by atoms with Crippen LogP contribution in [0.5, 0.6) is 0 Å². The molecule has 2 rings (SSSR count). The number of amides is 1. The van der Waals surface area contributed by atoms with Crippen LogP contribution in [-0.2, 0) is 11.0 Å². The summed E-state index contributed by atoms with van der Waals surface area (Å²) in [6.07, 6.45) is -2.16. The number of halogens is 3. The fourth-order valence-electron chi connectivity index (χ4n) is 2.71. The van der Waals surface area contributed by atoms with E-state index in [9.17, 15) is 22.8 Å². The fourth-order valence-corrected chi connectivity index (χ4v) is 2.71. The zero-order valence-electron chi connectivity index (χ0n) is 15.7. The standard InChI is InChI=1S/C18H21F3N4O3/c1-11(2)16-13(17(28)24(3)8-4-5-15(26)27)10-23-25(16)14-7-6-12(9-22-14)18(19,20)21/h6-7,9-11H,4-5,8H2,1-3H3,(H,26,27). The molecule has 0 saturated carbocycles. The Morgan fingerprint density at radius 3 is 2.43 bits per heavy atom. The van der Waals surface area contributed by atoms with Crippen LogP contribution >= 0.6 is 0 Å². The number of aromatic nitrogens is 3. The van der Waals surface area contributed by atoms with Crippen LogP contribution in [0.2, 0.25) is 0 Å². The molecule has 0 spiro atoms. The highest BCUT2D eigenvalue weighted by molar-refractivity contribution is 5.95. The maximum Gasteiger partial charge on any atom is 0.417 e. The molecule has 1 N–H and O–H groups in total. The average molecular weight is 398 g/mol. The first-order valence-electron chi connectivity index (χ1n) is 8.61. The van der Waals surface area contributed by atoms with Gasteiger partial charge in [0, 0.05) is 26.2 Å². The summed E-state index contributed by atoms with van der Waals surface area (Å²) in [6, 6.07) is 2.11. The Morgan fingerprint density at radius 1 is 1.25 bits per heavy atom. The van der Waals surface area contributed by atoms with Crippen molar-refractivity contribution < 1.29 is 27.9 Å². The molecule has 0 aliphatic carbocycles. The van der Waals surface area contributed by atoms with Gasteiger partial charge in [-0.25, -0.2) is 9.67 Å². The number of rotatable bonds is 7. The van der Waals surface area contributed by atoms with Gasteiger partial charge in [0.05, 0.1) is 23.0 Å². The second-order valence-corrected chi connectivity index (χ2v) is 6.64. The van der Waals surface area contributed by atoms with Gasteiger partial charge in [-0.3, -0.25) is 9.59 Å². The summed E-state index contributed by atoms with van der Waals surface area (Å²) in [7, 11) is 1.56. The summed E-state index contributed by atoms with van der Waals surface area (Å²) < 4.78 is 39.5. The Balaban J connectivity index is 2.30. The maximum absolute atomic E-state index is 12.7. The minimum atomic E-state index is -4.49. The lowest BCUT2D eigenvalue weighted by Crippen LogP contribution is -2.29. The van der Waals surface area contributed by atoms with Crippen molar-refractivity contribution in [3.8, 4) is 5.82 Å². The predicted octanol–water partition coefficient (Wildman–Crippen LogP) is 3.35. The molecule has 0 unspecified atom stereocenters. The van der Waals surface area contributed by atoms with Gasteiger partial charge < -0.3 is 10.0 Å². The molecule has 0 atom stereocenters. The summed E-state index contributed by atoms with van der Waals surface area (Å²) in [5, 5.41) is 12.8. The normalized spacial score (nSPS) is 11.7. The van der Waals surface area contributed by atoms with E-state index in [0.29, 0.717) is 17.7 Å². The highest BCUT2D eigenvalue weighted by Gasteiger charge is 2.31. The SMILES string of the molecule is CC(C)c1c(C(=O)N(C)CCCC(=O)O)cnn1-c1ccc(C(F)(F)F)cn1. The van der Waals surface area contributed by atoms with Gasteiger partial charge in [-0.15, -0.1) is 0 Å². The van der Waals surface area contributed by atoms with Gasteiger partial charge in [-0.2, -0.15) is 18.3 Å². The average Bonchev–Trinajstić information content (AvgIpc) is 3.05. The number of pyridine rings is 1. The van der Waals surface area contributed by atoms with E-state index in [2.05, 4.69) is 10.1 Å². The van der Waals surface area contributed by atoms with Crippen molar-refractivity contribution in [2.45, 2.75) is 38.8 Å². The Labute approximate surface area is 159 Å². The van der Waals surface area contributed by atoms with Crippen LogP contribution in [0.3, 0.4) is 0 Å². The molecule has 10 heteroatoms. The molecule has 2 aromatic heterocycles. The van der Waals surface area contributed by atoms with Gasteiger partial charge >= 0.3 is 12.1 Å². The molecule has 28 heavy (non-hydrogen) atoms. The molecule has 1 amide bonds. The lowest BCUT2D eigenvalue weighted by atomic mass is 10.0. The Hall–Kier alpha value is -2.91. The van der Waals surface area contributed by atoms with Crippen molar-refractivity contribution in [2.24, 2.45) is 0 Å². The van der Waals surface area contributed by atoms with Gasteiger partial charge in [-0.05, 0) is 24.5 Å². The van der Waals surface area contributed by atoms with Gasteiger partial charge in [0.15, 0.2) is 5.82 Å². The molecule has 0 radical (unpaired) electrons. The van der Waals surface area contributed by atoms with Crippen LogP contribution in [0.15, 0.2) is 24.5 Å². The Morgan fingerprint density at radius 2 is 1.93 bits per heavy atom. The van der Waals surface area contributed by atoms with Crippen LogP contribution in [0.1, 0.15) is 54.2 Å². The van der Waals surface area contributed by atoms with Crippen molar-refractivity contribution >= 4 is 11.9 Å². The number of carbonyl (C=O) groups is 2. The Bertz CT molecular complexity index is 845. The molecule has 0 saturated heterocycles. The van der Waals surface area contributed by atoms with Crippen molar-refractivity contribution in [1.29, 1.82) is 0 Å². The summed E-state index contributed by atoms with van der Waals surface area (Å²) in [5.74, 6) is -1.26. The van der Waals surface area contributed by atoms with Gasteiger partial charge in [0.2, 0.25) is 0 Å². The van der Waals surface area contributed by atoms with E-state index >= 15 is 0 Å². The zero-order chi connectivity index (χ0) is 21.1. The molecule has 0 fully saturated rings. The molecule has 7 nitrogen and oxygen atoms in total. The van der Waals surface area contributed by atoms with Gasteiger partial charge in [0.1, 0.15) is 0 Å². The molecular weight excluding hydrogens is 377 g/mol. The number of hydrogen-bond donors (Lipinski definition) is 1. The first-order chi connectivity index (χ1) is 13.0. The third-order valence-corrected chi connectivity index (χ3v) is 4.11. The van der Waals surface area contributed by atoms with Crippen LogP contribution in [0.25, 0.3) is 5.82 Å². The van der Waals surface area contributed by atoms with Crippen LogP contribution in [-0.4, -0.2) is 50.2 Å². The molecule has 0 aliphatic heterocycles. The molecule has 152 valence electrons. The van der Waals surface area contributed by atoms with E-state index in [1.807, 2.05) is 13.8 Å². The molecular formula is C18H21F3N4O3. The first kappa shape index (κ1) is 21.4. The van der Waals surface area contributed by atoms with Crippen molar-refractivity contribution in [2.75, 3.05) is 13.6 Å². The topological polar surface area (TPSA) is 88.3 Å². The predicted molar refractivity (Wildman–Crippen MR) is 94.3 cm³/mol. The number of carbonyl (C=O) groups excluding carboxylic acids is 1. The second-order valence-electron chi connectivity index (χ2n) is 6.64. The van der Waals surface area contributed by atoms with Gasteiger partial charge in [0.25, 0.3) is 5.91 Å². The number of alkyl halides is 3. The molecule has 2 aromatic rings. The van der Waals surface area contributed by atoms with Crippen molar-refractivity contribution in [3.05, 3.63) is 41.3 Å². The number of carboxylic acids is 1. The summed E-state index contributed by atoms with van der Waals surface area (Å²) in [4.78, 5) is 28.6. The van der Waals surface area contributed by atoms with Crippen LogP contribution in [0.4, 0.5) is 13.2 Å². The van der Waals surface area contributed by atoms with Crippen molar-refractivity contribution in [1.82, 2.24) is 19.7 Å². The molecule has 0 aromatic carbocycles. The number of carboxylic acid groups (broad SMARTS) is 1. The first-order valence-corrected chi connectivity index (χ1v) is 8.61. The fraction of sp³-hybridized carbons (Fsp3) is 0.444. The number of nitrogens with zero attached hydrogens (tertiary/aromatic N) is 4. The highest BCUT2D eigenvalue weighted by Crippen LogP contribution is 2.29. The van der Waals surface area contributed by atoms with Crippen molar-refractivity contribution in [3.63, 3.8) is 0 Å². The molecule has 2 heterocycles. The van der Waals surface area contributed by atoms with Crippen LogP contribution in [0, 0.1) is 0 Å². The summed E-state index contributed by atoms with van der Waals surface area (Å²) in [6.45, 7) is 3.92. The maximum atomic E-state index is 12.7. The highest BCUT2D eigenvalue weighted by atomic mass is 19.4. The third-order valence-electron chi connectivity index (χ3n) is 4.11. The van der Waals surface area contributed by atoms with E-state index in [0.717, 1.165) is 12.3 Å². The monoisotopic (exact) mass is 398 g/mol. The lowest BCUT2D eigenvalue weighted by molar-refractivity contribution is -0.138. The largest absolute Gasteiger partial charge is 0.481 e. The zero-order valence-corrected chi connectivity index (χ0v) is 15.7. The Kier molecular flexibility index (Phi) is 6.42. The van der Waals surface area contributed by atoms with E-state index in [1.54, 1.807) is 7.05 Å². The van der Waals surface area contributed by atoms with E-state index in [-0.39, 0.29) is 30.6 Å². The lowest BCUT2D eigenvalue weighted by Gasteiger charge is -2.18. The minimum Gasteiger partial charge on any atom is -0.481 e. The van der Waals surface area contributed by atoms with E-state index < -0.39 is 17.7 Å².